The summed E-state index contributed by atoms with van der Waals surface area (Å²) in [6, 6.07) is 1.93. The summed E-state index contributed by atoms with van der Waals surface area (Å²) >= 11 is 5.71. The number of nitrogens with zero attached hydrogens (tertiary/aromatic N) is 1. The Hall–Kier alpha value is -1.20. The van der Waals surface area contributed by atoms with E-state index in [0.29, 0.717) is 0 Å². The van der Waals surface area contributed by atoms with E-state index >= 15 is 0 Å². The average molecular weight is 312 g/mol. The second-order valence-electron chi connectivity index (χ2n) is 3.23. The summed E-state index contributed by atoms with van der Waals surface area (Å²) in [5, 5.41) is 10.8. The molecule has 2 rings (SSSR count). The Kier molecular flexibility index (Phi) is 3.07. The van der Waals surface area contributed by atoms with Gasteiger partial charge in [-0.15, -0.1) is 4.40 Å². The maximum absolute atomic E-state index is 11.6. The number of hydrogen-bond donors (Lipinski definition) is 3. The van der Waals surface area contributed by atoms with Crippen LogP contribution in [-0.2, 0) is 20.0 Å². The van der Waals surface area contributed by atoms with Crippen LogP contribution in [0.3, 0.4) is 0 Å². The van der Waals surface area contributed by atoms with Gasteiger partial charge in [-0.25, -0.2) is 8.42 Å². The Morgan fingerprint density at radius 2 is 2.06 bits per heavy atom. The van der Waals surface area contributed by atoms with Crippen LogP contribution in [0.15, 0.2) is 26.3 Å². The molecule has 0 atom stereocenters. The molecule has 11 heteroatoms. The van der Waals surface area contributed by atoms with Crippen molar-refractivity contribution in [3.8, 4) is 0 Å². The summed E-state index contributed by atoms with van der Waals surface area (Å²) in [6.07, 6.45) is 0.951. The van der Waals surface area contributed by atoms with Gasteiger partial charge in [-0.2, -0.15) is 8.42 Å². The van der Waals surface area contributed by atoms with Crippen molar-refractivity contribution in [1.82, 2.24) is 4.89 Å². The zero-order valence-electron chi connectivity index (χ0n) is 8.45. The molecule has 0 fully saturated rings. The number of anilines is 1. The number of fused-ring (bicyclic) bond motifs is 1. The summed E-state index contributed by atoms with van der Waals surface area (Å²) < 4.78 is 49.2. The SMILES string of the molecule is O=S1(=O)N=CNc2cc(Cl)c(S(=O)(=O)NO)cc21. The largest absolute Gasteiger partial charge is 0.344 e. The first-order valence-corrected chi connectivity index (χ1v) is 7.63. The van der Waals surface area contributed by atoms with Gasteiger partial charge in [0, 0.05) is 0 Å². The molecule has 8 nitrogen and oxygen atoms in total. The van der Waals surface area contributed by atoms with Gasteiger partial charge in [0.1, 0.15) is 16.1 Å². The van der Waals surface area contributed by atoms with Crippen LogP contribution in [0.2, 0.25) is 5.02 Å². The van der Waals surface area contributed by atoms with Crippen molar-refractivity contribution in [3.05, 3.63) is 17.2 Å². The van der Waals surface area contributed by atoms with E-state index < -0.39 is 24.9 Å². The number of rotatable bonds is 2. The lowest BCUT2D eigenvalue weighted by Gasteiger charge is -2.14. The number of sulfonamides is 2. The Balaban J connectivity index is 2.78. The van der Waals surface area contributed by atoms with Gasteiger partial charge in [-0.1, -0.05) is 16.5 Å². The maximum atomic E-state index is 11.6. The second kappa shape index (κ2) is 4.17. The minimum atomic E-state index is -4.28. The quantitative estimate of drug-likeness (QED) is 0.668. The van der Waals surface area contributed by atoms with Crippen LogP contribution in [-0.4, -0.2) is 28.4 Å². The van der Waals surface area contributed by atoms with Gasteiger partial charge < -0.3 is 10.5 Å². The molecule has 0 saturated heterocycles. The molecule has 98 valence electrons. The zero-order chi connectivity index (χ0) is 13.6. The number of hydrogen-bond acceptors (Lipinski definition) is 6. The Bertz CT molecular complexity index is 741. The molecule has 0 aromatic heterocycles. The average Bonchev–Trinajstić information content (AvgIpc) is 2.27. The fraction of sp³-hybridized carbons (Fsp3) is 0. The number of benzene rings is 1. The smallest absolute Gasteiger partial charge is 0.285 e. The van der Waals surface area contributed by atoms with E-state index in [1.807, 2.05) is 0 Å². The molecule has 0 bridgehead atoms. The third-order valence-corrected chi connectivity index (χ3v) is 4.99. The Labute approximate surface area is 107 Å². The molecule has 0 saturated carbocycles. The first-order valence-electron chi connectivity index (χ1n) is 4.33. The predicted octanol–water partition coefficient (Wildman–Crippen LogP) is 0.150. The lowest BCUT2D eigenvalue weighted by Crippen LogP contribution is -2.21. The summed E-state index contributed by atoms with van der Waals surface area (Å²) in [6.45, 7) is 0. The van der Waals surface area contributed by atoms with Gasteiger partial charge in [0.2, 0.25) is 0 Å². The van der Waals surface area contributed by atoms with Crippen LogP contribution in [0.25, 0.3) is 0 Å². The van der Waals surface area contributed by atoms with Crippen LogP contribution >= 0.6 is 11.6 Å². The molecule has 18 heavy (non-hydrogen) atoms. The number of halogens is 1. The first kappa shape index (κ1) is 13.2. The van der Waals surface area contributed by atoms with Crippen molar-refractivity contribution in [3.63, 3.8) is 0 Å². The third kappa shape index (κ3) is 2.08. The van der Waals surface area contributed by atoms with Gasteiger partial charge in [-0.05, 0) is 12.1 Å². The van der Waals surface area contributed by atoms with Crippen molar-refractivity contribution in [2.75, 3.05) is 5.32 Å². The maximum Gasteiger partial charge on any atom is 0.285 e. The highest BCUT2D eigenvalue weighted by Gasteiger charge is 2.27. The molecular formula is C7H6ClN3O5S2. The van der Waals surface area contributed by atoms with E-state index in [1.54, 1.807) is 0 Å². The molecule has 3 N–H and O–H groups in total. The van der Waals surface area contributed by atoms with Gasteiger partial charge in [0.05, 0.1) is 10.7 Å². The van der Waals surface area contributed by atoms with E-state index in [2.05, 4.69) is 9.71 Å². The van der Waals surface area contributed by atoms with Gasteiger partial charge in [0.25, 0.3) is 20.0 Å². The van der Waals surface area contributed by atoms with Crippen LogP contribution in [0, 0.1) is 0 Å². The van der Waals surface area contributed by atoms with Crippen LogP contribution < -0.4 is 10.2 Å². The molecule has 0 radical (unpaired) electrons. The number of nitrogens with one attached hydrogen (secondary N) is 2. The molecule has 0 unspecified atom stereocenters. The van der Waals surface area contributed by atoms with Crippen molar-refractivity contribution < 1.29 is 22.0 Å². The minimum absolute atomic E-state index is 0.104. The Morgan fingerprint density at radius 3 is 2.67 bits per heavy atom. The predicted molar refractivity (Wildman–Crippen MR) is 62.9 cm³/mol. The first-order chi connectivity index (χ1) is 8.28. The lowest BCUT2D eigenvalue weighted by atomic mass is 10.3. The summed E-state index contributed by atoms with van der Waals surface area (Å²) in [7, 11) is -8.26. The minimum Gasteiger partial charge on any atom is -0.344 e. The fourth-order valence-electron chi connectivity index (χ4n) is 1.34. The van der Waals surface area contributed by atoms with Crippen molar-refractivity contribution in [1.29, 1.82) is 0 Å². The monoisotopic (exact) mass is 311 g/mol. The second-order valence-corrected chi connectivity index (χ2v) is 6.86. The van der Waals surface area contributed by atoms with Crippen LogP contribution in [0.5, 0.6) is 0 Å². The van der Waals surface area contributed by atoms with Crippen molar-refractivity contribution >= 4 is 43.7 Å². The normalized spacial score (nSPS) is 17.0. The topological polar surface area (TPSA) is 125 Å². The molecule has 1 aromatic carbocycles. The van der Waals surface area contributed by atoms with E-state index in [9.17, 15) is 16.8 Å². The molecule has 1 heterocycles. The molecule has 0 spiro atoms. The summed E-state index contributed by atoms with van der Waals surface area (Å²) in [4.78, 5) is 0.160. The fourth-order valence-corrected chi connectivity index (χ4v) is 3.54. The van der Waals surface area contributed by atoms with Crippen LogP contribution in [0.4, 0.5) is 5.69 Å². The Morgan fingerprint density at radius 1 is 1.39 bits per heavy atom. The lowest BCUT2D eigenvalue weighted by molar-refractivity contribution is 0.242. The molecule has 0 amide bonds. The highest BCUT2D eigenvalue weighted by Crippen LogP contribution is 2.33. The van der Waals surface area contributed by atoms with Crippen molar-refractivity contribution in [2.24, 2.45) is 4.40 Å². The van der Waals surface area contributed by atoms with E-state index in [0.717, 1.165) is 23.4 Å². The third-order valence-electron chi connectivity index (χ3n) is 2.13. The van der Waals surface area contributed by atoms with E-state index in [4.69, 9.17) is 16.8 Å². The van der Waals surface area contributed by atoms with E-state index in [-0.39, 0.29) is 15.6 Å². The highest BCUT2D eigenvalue weighted by atomic mass is 35.5. The van der Waals surface area contributed by atoms with Crippen molar-refractivity contribution in [2.45, 2.75) is 9.79 Å². The standard InChI is InChI=1S/C7H6ClN3O5S2/c8-4-1-5-7(17(13,14)10-3-9-5)2-6(4)18(15,16)11-12/h1-3,11-12H,(H,9,10). The summed E-state index contributed by atoms with van der Waals surface area (Å²) in [5.41, 5.74) is 0.104. The zero-order valence-corrected chi connectivity index (χ0v) is 10.8. The van der Waals surface area contributed by atoms with Gasteiger partial charge >= 0.3 is 0 Å². The van der Waals surface area contributed by atoms with E-state index in [1.165, 1.54) is 0 Å². The van der Waals surface area contributed by atoms with Gasteiger partial charge in [-0.3, -0.25) is 0 Å². The molecule has 1 aliphatic rings. The molecular weight excluding hydrogens is 306 g/mol. The molecule has 1 aromatic rings. The van der Waals surface area contributed by atoms with Crippen LogP contribution in [0.1, 0.15) is 0 Å². The molecule has 1 aliphatic heterocycles. The summed E-state index contributed by atoms with van der Waals surface area (Å²) in [5.74, 6) is 0. The highest BCUT2D eigenvalue weighted by molar-refractivity contribution is 7.91. The molecule has 0 aliphatic carbocycles. The van der Waals surface area contributed by atoms with Gasteiger partial charge in [0.15, 0.2) is 0 Å².